The number of hydrogen-bond acceptors (Lipinski definition) is 6. The van der Waals surface area contributed by atoms with Gasteiger partial charge in [-0.3, -0.25) is 4.39 Å². The standard InChI is InChI=1S/C41H45N4O.C12H9FN.Ir/c1-24-19-26(22-39(3,4)5)15-17-28(24)32-21-33(42-23-25(32)2)31-14-12-13-30-29-18-16-27(20-34(29)46-35(30)31)36-43-37(40(6,7)8)45-38(44-36)41(9,10)11;1-9-2-7-12(14-8-9)10-3-5-11(13)6-4-10;/h12-13,15-21,23H,22H2,1-11H3;2-3,5-8H,1H3;/q2*-1;/i1D3,2D3,17D;1D3;. The van der Waals surface area contributed by atoms with Crippen LogP contribution in [0.2, 0.25) is 0 Å². The Bertz CT molecular complexity index is 3190. The summed E-state index contributed by atoms with van der Waals surface area (Å²) in [6.07, 6.45) is 3.10. The molecule has 0 aliphatic heterocycles. The average molecular weight is 998 g/mol. The van der Waals surface area contributed by atoms with Crippen molar-refractivity contribution in [3.63, 3.8) is 0 Å². The molecule has 4 heterocycles. The maximum absolute atomic E-state index is 12.7. The van der Waals surface area contributed by atoms with E-state index < -0.39 is 20.6 Å². The van der Waals surface area contributed by atoms with E-state index in [1.807, 2.05) is 45.0 Å². The molecule has 0 unspecified atom stereocenters. The topological polar surface area (TPSA) is 77.6 Å². The molecule has 4 aromatic carbocycles. The summed E-state index contributed by atoms with van der Waals surface area (Å²) in [5, 5.41) is 1.63. The third kappa shape index (κ3) is 10.4. The number of pyridine rings is 2. The third-order valence-electron chi connectivity index (χ3n) is 9.65. The summed E-state index contributed by atoms with van der Waals surface area (Å²) in [6, 6.07) is 27.3. The fourth-order valence-corrected chi connectivity index (χ4v) is 6.64. The summed E-state index contributed by atoms with van der Waals surface area (Å²) >= 11 is 0. The number of halogens is 1. The molecule has 6 nitrogen and oxygen atoms in total. The first-order valence-corrected chi connectivity index (χ1v) is 19.7. The number of benzene rings is 4. The van der Waals surface area contributed by atoms with Crippen molar-refractivity contribution < 1.29 is 42.6 Å². The molecule has 8 aromatic rings. The Kier molecular flexibility index (Phi) is 9.54. The number of nitrogens with zero attached hydrogens (tertiary/aromatic N) is 5. The molecule has 0 atom stereocenters. The van der Waals surface area contributed by atoms with Crippen LogP contribution in [0.5, 0.6) is 0 Å². The number of hydrogen-bond donors (Lipinski definition) is 0. The average Bonchev–Trinajstić information content (AvgIpc) is 3.63. The molecule has 61 heavy (non-hydrogen) atoms. The van der Waals surface area contributed by atoms with Crippen LogP contribution in [0.4, 0.5) is 4.39 Å². The summed E-state index contributed by atoms with van der Waals surface area (Å²) in [4.78, 5) is 23.1. The minimum Gasteiger partial charge on any atom is -0.501 e. The number of aryl methyl sites for hydroxylation is 3. The van der Waals surface area contributed by atoms with Gasteiger partial charge in [0.15, 0.2) is 5.82 Å². The van der Waals surface area contributed by atoms with E-state index in [1.165, 1.54) is 30.6 Å². The van der Waals surface area contributed by atoms with E-state index in [0.717, 1.165) is 16.3 Å². The minimum absolute atomic E-state index is 0. The zero-order valence-electron chi connectivity index (χ0n) is 45.7. The van der Waals surface area contributed by atoms with Gasteiger partial charge >= 0.3 is 0 Å². The van der Waals surface area contributed by atoms with E-state index in [-0.39, 0.29) is 76.0 Å². The second kappa shape index (κ2) is 17.5. The molecule has 8 rings (SSSR count). The van der Waals surface area contributed by atoms with E-state index in [4.69, 9.17) is 33.1 Å². The van der Waals surface area contributed by atoms with Crippen LogP contribution >= 0.6 is 0 Å². The summed E-state index contributed by atoms with van der Waals surface area (Å²) < 4.78 is 100. The first-order chi connectivity index (χ1) is 32.3. The summed E-state index contributed by atoms with van der Waals surface area (Å²) in [6.45, 7) is 11.1. The molecule has 8 heteroatoms. The van der Waals surface area contributed by atoms with Crippen LogP contribution in [0, 0.1) is 43.9 Å². The van der Waals surface area contributed by atoms with Gasteiger partial charge in [-0.25, -0.2) is 15.0 Å². The monoisotopic (exact) mass is 998 g/mol. The molecule has 4 aromatic heterocycles. The fraction of sp³-hybridized carbons (Fsp3) is 0.302. The van der Waals surface area contributed by atoms with Crippen LogP contribution in [0.3, 0.4) is 0 Å². The summed E-state index contributed by atoms with van der Waals surface area (Å²) in [5.41, 5.74) is 3.86. The molecule has 0 spiro atoms. The van der Waals surface area contributed by atoms with Crippen molar-refractivity contribution in [3.05, 3.63) is 149 Å². The minimum atomic E-state index is -2.64. The second-order valence-electron chi connectivity index (χ2n) is 18.2. The smallest absolute Gasteiger partial charge is 0.163 e. The molecule has 0 bridgehead atoms. The predicted octanol–water partition coefficient (Wildman–Crippen LogP) is 13.8. The molecule has 0 aliphatic carbocycles. The summed E-state index contributed by atoms with van der Waals surface area (Å²) in [5.74, 6) is 1.56. The van der Waals surface area contributed by atoms with E-state index in [1.54, 1.807) is 36.4 Å². The molecule has 0 amide bonds. The normalized spacial score (nSPS) is 15.0. The third-order valence-corrected chi connectivity index (χ3v) is 9.65. The van der Waals surface area contributed by atoms with Crippen molar-refractivity contribution in [2.24, 2.45) is 5.41 Å². The van der Waals surface area contributed by atoms with Crippen molar-refractivity contribution in [1.29, 1.82) is 0 Å². The van der Waals surface area contributed by atoms with E-state index >= 15 is 0 Å². The quantitative estimate of drug-likeness (QED) is 0.160. The van der Waals surface area contributed by atoms with Crippen LogP contribution in [-0.4, -0.2) is 24.9 Å². The first-order valence-electron chi connectivity index (χ1n) is 24.7. The maximum Gasteiger partial charge on any atom is 0.163 e. The maximum atomic E-state index is 12.7. The van der Waals surface area contributed by atoms with Crippen LogP contribution in [0.25, 0.3) is 67.0 Å². The van der Waals surface area contributed by atoms with Gasteiger partial charge in [-0.2, -0.15) is 0 Å². The predicted molar refractivity (Wildman–Crippen MR) is 243 cm³/mol. The Morgan fingerprint density at radius 1 is 0.705 bits per heavy atom. The van der Waals surface area contributed by atoms with E-state index in [2.05, 4.69) is 63.6 Å². The Morgan fingerprint density at radius 3 is 2.07 bits per heavy atom. The molecule has 0 fully saturated rings. The van der Waals surface area contributed by atoms with Gasteiger partial charge in [0.25, 0.3) is 0 Å². The number of fused-ring (bicyclic) bond motifs is 3. The summed E-state index contributed by atoms with van der Waals surface area (Å²) in [7, 11) is 0. The van der Waals surface area contributed by atoms with Crippen molar-refractivity contribution in [3.8, 4) is 45.0 Å². The molecule has 0 saturated carbocycles. The van der Waals surface area contributed by atoms with Gasteiger partial charge in [-0.15, -0.1) is 48.0 Å². The molecule has 1 radical (unpaired) electrons. The molecule has 0 saturated heterocycles. The van der Waals surface area contributed by atoms with E-state index in [0.29, 0.717) is 63.1 Å². The van der Waals surface area contributed by atoms with Crippen molar-refractivity contribution in [2.45, 2.75) is 100 Å². The Balaban J connectivity index is 0.000000386. The van der Waals surface area contributed by atoms with Gasteiger partial charge < -0.3 is 14.4 Å². The largest absolute Gasteiger partial charge is 0.501 e. The van der Waals surface area contributed by atoms with Crippen LogP contribution in [0.1, 0.15) is 110 Å². The molecule has 315 valence electrons. The number of aromatic nitrogens is 5. The van der Waals surface area contributed by atoms with Gasteiger partial charge in [0.05, 0.1) is 6.95 Å². The zero-order valence-corrected chi connectivity index (χ0v) is 38.1. The van der Waals surface area contributed by atoms with Gasteiger partial charge in [0.2, 0.25) is 0 Å². The van der Waals surface area contributed by atoms with Crippen LogP contribution in [0.15, 0.2) is 102 Å². The van der Waals surface area contributed by atoms with Crippen molar-refractivity contribution >= 4 is 21.9 Å². The fourth-order valence-electron chi connectivity index (χ4n) is 6.64. The molecule has 0 N–H and O–H groups in total. The van der Waals surface area contributed by atoms with E-state index in [9.17, 15) is 4.39 Å². The Morgan fingerprint density at radius 2 is 1.44 bits per heavy atom. The van der Waals surface area contributed by atoms with Crippen LogP contribution in [-0.2, 0) is 37.4 Å². The van der Waals surface area contributed by atoms with Gasteiger partial charge in [-0.1, -0.05) is 122 Å². The zero-order chi connectivity index (χ0) is 51.5. The second-order valence-corrected chi connectivity index (χ2v) is 18.2. The molecular weight excluding hydrogens is 934 g/mol. The van der Waals surface area contributed by atoms with Crippen LogP contribution < -0.4 is 0 Å². The van der Waals surface area contributed by atoms with Gasteiger partial charge in [0, 0.05) is 72.4 Å². The van der Waals surface area contributed by atoms with Gasteiger partial charge in [0.1, 0.15) is 17.2 Å². The van der Waals surface area contributed by atoms with Crippen molar-refractivity contribution in [2.75, 3.05) is 0 Å². The number of rotatable bonds is 5. The SMILES string of the molecule is [2H]C([2H])([2H])c1ccc(-c2[c-]cc(F)cc2)nc1.[2H]c1cc(CC(C)(C)C)cc(C([2H])([2H])[2H])c1-c1cc(-c2[c-]ccc3c2oc2cc(-c4nc(C(C)(C)C)nc(C(C)(C)C)n4)ccc23)ncc1C([2H])([2H])[2H].[Ir]. The Labute approximate surface area is 388 Å². The van der Waals surface area contributed by atoms with Crippen molar-refractivity contribution in [1.82, 2.24) is 24.9 Å². The molecule has 0 aliphatic rings. The Hall–Kier alpha value is -5.43. The first kappa shape index (κ1) is 33.2. The molecular formula is C53H54FIrN5O-2. The number of furan rings is 1. The van der Waals surface area contributed by atoms with Gasteiger partial charge in [-0.05, 0) is 83.2 Å².